The van der Waals surface area contributed by atoms with E-state index < -0.39 is 44.8 Å². The van der Waals surface area contributed by atoms with Crippen LogP contribution in [0.3, 0.4) is 0 Å². The van der Waals surface area contributed by atoms with Gasteiger partial charge < -0.3 is 15.4 Å². The first kappa shape index (κ1) is 35.1. The van der Waals surface area contributed by atoms with Crippen LogP contribution in [0.15, 0.2) is 36.5 Å². The van der Waals surface area contributed by atoms with Gasteiger partial charge in [0.05, 0.1) is 13.7 Å². The molecule has 14 heteroatoms. The van der Waals surface area contributed by atoms with Gasteiger partial charge in [0.2, 0.25) is 11.8 Å². The number of carbonyl (C=O) groups excluding carboxylic acids is 5. The fraction of sp³-hybridized carbons (Fsp3) is 0.441. The molecule has 5 rings (SSSR count). The summed E-state index contributed by atoms with van der Waals surface area (Å²) in [5, 5.41) is 14.7. The number of amides is 2. The molecular weight excluding hydrogens is 734 g/mol. The number of carbonyl (C=O) groups is 5. The Balaban J connectivity index is 1.30. The standard InChI is InChI=1S/C34H39FIN6O6/c1-21-34-24(11-8-12-27(34)41(40-21)20-31(45)37-18-30(44)38-19-33(47)48-2)25-16-28-22(15-26(25)35)17-39-42(28)32(46)14-13-29(43)36-23-9-6-4-3-5-7-10-23/h8,11-12,15-17,23H,3-7,9-10,13-14,18-20H2,1-2H3,(H,37,45)(H,38,44)/q-1. The Labute approximate surface area is 287 Å². The third kappa shape index (κ3) is 8.62. The summed E-state index contributed by atoms with van der Waals surface area (Å²) in [6, 6.07) is 8.16. The maximum absolute atomic E-state index is 15.6. The molecule has 1 aliphatic carbocycles. The predicted molar refractivity (Wildman–Crippen MR) is 172 cm³/mol. The van der Waals surface area contributed by atoms with Crippen LogP contribution in [0.25, 0.3) is 32.9 Å². The summed E-state index contributed by atoms with van der Waals surface area (Å²) in [6.07, 6.45) is 10.0. The molecule has 2 amide bonds. The van der Waals surface area contributed by atoms with Gasteiger partial charge in [-0.2, -0.15) is 0 Å². The number of hydrogen-bond donors (Lipinski definition) is 2. The van der Waals surface area contributed by atoms with Crippen molar-refractivity contribution < 1.29 is 54.3 Å². The number of methoxy groups -OCH3 is 1. The summed E-state index contributed by atoms with van der Waals surface area (Å²) in [7, 11) is 1.20. The number of ether oxygens (including phenoxy) is 1. The van der Waals surface area contributed by atoms with Crippen molar-refractivity contribution >= 4 is 49.3 Å². The van der Waals surface area contributed by atoms with E-state index in [2.05, 4.69) is 25.6 Å². The van der Waals surface area contributed by atoms with E-state index in [-0.39, 0.29) is 47.7 Å². The molecule has 1 aliphatic rings. The van der Waals surface area contributed by atoms with E-state index >= 15 is 4.39 Å². The number of rotatable bonds is 12. The molecule has 12 nitrogen and oxygen atoms in total. The number of fused-ring (bicyclic) bond motifs is 2. The van der Waals surface area contributed by atoms with Crippen molar-refractivity contribution in [2.24, 2.45) is 0 Å². The molecule has 0 aliphatic heterocycles. The summed E-state index contributed by atoms with van der Waals surface area (Å²) in [5.74, 6) is -2.48. The Kier molecular flexibility index (Phi) is 11.9. The quantitative estimate of drug-likeness (QED) is 0.0939. The van der Waals surface area contributed by atoms with Gasteiger partial charge in [-0.3, -0.25) is 14.4 Å². The number of hydrogen-bond acceptors (Lipinski definition) is 8. The molecule has 0 bridgehead atoms. The zero-order valence-electron chi connectivity index (χ0n) is 27.0. The number of nitrogens with zero attached hydrogens (tertiary/aromatic N) is 4. The average molecular weight is 774 g/mol. The van der Waals surface area contributed by atoms with E-state index in [0.717, 1.165) is 12.8 Å². The average Bonchev–Trinajstić information content (AvgIpc) is 3.62. The van der Waals surface area contributed by atoms with Crippen LogP contribution >= 0.6 is 0 Å². The molecule has 2 heterocycles. The van der Waals surface area contributed by atoms with E-state index in [1.165, 1.54) is 60.8 Å². The Morgan fingerprint density at radius 1 is 0.938 bits per heavy atom. The number of benzene rings is 2. The van der Waals surface area contributed by atoms with E-state index in [4.69, 9.17) is 0 Å². The van der Waals surface area contributed by atoms with E-state index in [1.54, 1.807) is 31.2 Å². The summed E-state index contributed by atoms with van der Waals surface area (Å²) < 4.78 is 23.5. The van der Waals surface area contributed by atoms with Crippen molar-refractivity contribution in [3.63, 3.8) is 0 Å². The van der Waals surface area contributed by atoms with Crippen molar-refractivity contribution in [3.05, 3.63) is 48.0 Å². The van der Waals surface area contributed by atoms with Crippen LogP contribution < -0.4 is 31.8 Å². The molecule has 2 aromatic carbocycles. The van der Waals surface area contributed by atoms with Gasteiger partial charge in [-0.1, -0.05) is 0 Å². The molecule has 2 N–H and O–H groups in total. The summed E-state index contributed by atoms with van der Waals surface area (Å²) in [4.78, 5) is 61.9. The fourth-order valence-corrected chi connectivity index (χ4v) is 9.01. The number of halogens is 2. The second kappa shape index (κ2) is 16.3. The van der Waals surface area contributed by atoms with Crippen molar-refractivity contribution in [2.75, 3.05) is 20.2 Å². The Morgan fingerprint density at radius 3 is 2.42 bits per heavy atom. The number of esters is 1. The molecule has 0 saturated heterocycles. The van der Waals surface area contributed by atoms with E-state index in [0.29, 0.717) is 37.0 Å². The molecule has 1 saturated carbocycles. The molecule has 0 spiro atoms. The van der Waals surface area contributed by atoms with Crippen LogP contribution in [0.1, 0.15) is 68.3 Å². The zero-order valence-corrected chi connectivity index (χ0v) is 29.2. The summed E-state index contributed by atoms with van der Waals surface area (Å²) >= 11 is -0.626. The summed E-state index contributed by atoms with van der Waals surface area (Å²) in [6.45, 7) is 0.895. The van der Waals surface area contributed by atoms with Crippen molar-refractivity contribution in [2.45, 2.75) is 75.2 Å². The predicted octanol–water partition coefficient (Wildman–Crippen LogP) is 1.05. The van der Waals surface area contributed by atoms with Gasteiger partial charge in [-0.25, -0.2) is 0 Å². The first-order chi connectivity index (χ1) is 23.1. The van der Waals surface area contributed by atoms with E-state index in [9.17, 15) is 24.0 Å². The van der Waals surface area contributed by atoms with Gasteiger partial charge in [0.25, 0.3) is 0 Å². The second-order valence-corrected chi connectivity index (χ2v) is 15.4. The molecule has 0 unspecified atom stereocenters. The van der Waals surface area contributed by atoms with Crippen molar-refractivity contribution in [1.82, 2.24) is 30.2 Å². The minimum absolute atomic E-state index is 0.0469. The van der Waals surface area contributed by atoms with Gasteiger partial charge in [0.15, 0.2) is 0 Å². The maximum atomic E-state index is 15.6. The Morgan fingerprint density at radius 2 is 1.67 bits per heavy atom. The SMILES string of the molecule is COC(=O)CNC(=O)CNC(=O)Cn1nc(C)c2c(-c3cc4c(cnn4C(=O)CCC(=O)[I-]C4CCCCCCC4)cc3F)cccc21. The first-order valence-electron chi connectivity index (χ1n) is 16.1. The molecule has 256 valence electrons. The van der Waals surface area contributed by atoms with Crippen LogP contribution in [0.4, 0.5) is 4.39 Å². The molecule has 0 radical (unpaired) electrons. The molecular formula is C34H39FIN6O6-. The second-order valence-electron chi connectivity index (χ2n) is 11.8. The zero-order chi connectivity index (χ0) is 34.2. The normalized spacial score (nSPS) is 14.1. The molecule has 48 heavy (non-hydrogen) atoms. The van der Waals surface area contributed by atoms with Gasteiger partial charge in [-0.15, -0.1) is 0 Å². The Bertz CT molecular complexity index is 1840. The number of aromatic nitrogens is 4. The summed E-state index contributed by atoms with van der Waals surface area (Å²) in [5.41, 5.74) is 2.33. The van der Waals surface area contributed by atoms with E-state index in [1.807, 2.05) is 0 Å². The van der Waals surface area contributed by atoms with Gasteiger partial charge in [-0.05, 0) is 0 Å². The van der Waals surface area contributed by atoms with Crippen LogP contribution in [0.2, 0.25) is 0 Å². The number of nitrogens with one attached hydrogen (secondary N) is 2. The van der Waals surface area contributed by atoms with Crippen LogP contribution in [0.5, 0.6) is 0 Å². The van der Waals surface area contributed by atoms with Crippen LogP contribution in [-0.2, 0) is 30.5 Å². The fourth-order valence-electron chi connectivity index (χ4n) is 5.95. The topological polar surface area (TPSA) is 154 Å². The third-order valence-electron chi connectivity index (χ3n) is 8.38. The van der Waals surface area contributed by atoms with Gasteiger partial charge in [0.1, 0.15) is 13.1 Å². The van der Waals surface area contributed by atoms with Crippen molar-refractivity contribution in [3.8, 4) is 11.1 Å². The van der Waals surface area contributed by atoms with Gasteiger partial charge >= 0.3 is 220 Å². The number of aryl methyl sites for hydroxylation is 1. The van der Waals surface area contributed by atoms with Crippen LogP contribution in [0, 0.1) is 12.7 Å². The third-order valence-corrected chi connectivity index (χ3v) is 11.7. The monoisotopic (exact) mass is 773 g/mol. The molecule has 0 atom stereocenters. The van der Waals surface area contributed by atoms with Crippen molar-refractivity contribution in [1.29, 1.82) is 0 Å². The molecule has 2 aromatic heterocycles. The molecule has 1 fully saturated rings. The van der Waals surface area contributed by atoms with Crippen LogP contribution in [-0.4, -0.2) is 71.2 Å². The molecule has 4 aromatic rings. The first-order valence-corrected chi connectivity index (χ1v) is 18.4. The van der Waals surface area contributed by atoms with Gasteiger partial charge in [0, 0.05) is 0 Å². The number of alkyl halides is 1. The minimum atomic E-state index is -0.626. The Hall–Kier alpha value is -4.21.